The number of halogens is 1. The molecule has 0 aromatic carbocycles. The second-order valence-corrected chi connectivity index (χ2v) is 4.11. The van der Waals surface area contributed by atoms with Crippen LogP contribution >= 0.6 is 11.8 Å². The Balaban J connectivity index is 2.57. The maximum Gasteiger partial charge on any atom is 0.253 e. The predicted molar refractivity (Wildman–Crippen MR) is 59.5 cm³/mol. The average molecular weight is 228 g/mol. The molecule has 5 heteroatoms. The lowest BCUT2D eigenvalue weighted by molar-refractivity contribution is 0.0943. The Kier molecular flexibility index (Phi) is 4.55. The van der Waals surface area contributed by atoms with E-state index in [4.69, 9.17) is 0 Å². The van der Waals surface area contributed by atoms with Gasteiger partial charge in [0.05, 0.1) is 5.56 Å². The zero-order chi connectivity index (χ0) is 11.3. The van der Waals surface area contributed by atoms with E-state index in [9.17, 15) is 9.18 Å². The quantitative estimate of drug-likeness (QED) is 0.798. The minimum Gasteiger partial charge on any atom is -0.349 e. The maximum atomic E-state index is 12.5. The molecule has 0 aliphatic carbocycles. The van der Waals surface area contributed by atoms with Gasteiger partial charge >= 0.3 is 0 Å². The number of rotatable bonds is 4. The summed E-state index contributed by atoms with van der Waals surface area (Å²) in [6.07, 6.45) is 3.21. The minimum absolute atomic E-state index is 0.0950. The van der Waals surface area contributed by atoms with Crippen LogP contribution in [0.3, 0.4) is 0 Å². The highest BCUT2D eigenvalue weighted by atomic mass is 32.2. The van der Waals surface area contributed by atoms with E-state index in [-0.39, 0.29) is 11.9 Å². The van der Waals surface area contributed by atoms with Crippen LogP contribution in [0.25, 0.3) is 0 Å². The third-order valence-corrected chi connectivity index (χ3v) is 2.62. The van der Waals surface area contributed by atoms with Gasteiger partial charge in [-0.25, -0.2) is 4.98 Å². The van der Waals surface area contributed by atoms with Crippen LogP contribution in [0.1, 0.15) is 17.3 Å². The van der Waals surface area contributed by atoms with Crippen molar-refractivity contribution in [2.24, 2.45) is 0 Å². The number of amides is 1. The summed E-state index contributed by atoms with van der Waals surface area (Å²) >= 11 is 1.66. The van der Waals surface area contributed by atoms with E-state index >= 15 is 0 Å². The Labute approximate surface area is 92.5 Å². The molecule has 0 radical (unpaired) electrons. The summed E-state index contributed by atoms with van der Waals surface area (Å²) in [4.78, 5) is 15.0. The molecule has 1 N–H and O–H groups in total. The highest BCUT2D eigenvalue weighted by molar-refractivity contribution is 7.98. The fourth-order valence-corrected chi connectivity index (χ4v) is 1.69. The summed E-state index contributed by atoms with van der Waals surface area (Å²) < 4.78 is 12.5. The van der Waals surface area contributed by atoms with Crippen molar-refractivity contribution in [2.45, 2.75) is 13.0 Å². The SMILES string of the molecule is CSCC(C)NC(=O)c1ccc(F)nc1. The first kappa shape index (κ1) is 12.0. The highest BCUT2D eigenvalue weighted by Gasteiger charge is 2.09. The fraction of sp³-hybridized carbons (Fsp3) is 0.400. The Morgan fingerprint density at radius 2 is 2.40 bits per heavy atom. The molecule has 82 valence electrons. The van der Waals surface area contributed by atoms with Crippen molar-refractivity contribution < 1.29 is 9.18 Å². The van der Waals surface area contributed by atoms with Gasteiger partial charge in [-0.15, -0.1) is 0 Å². The van der Waals surface area contributed by atoms with Crippen LogP contribution in [-0.2, 0) is 0 Å². The van der Waals surface area contributed by atoms with E-state index in [1.54, 1.807) is 11.8 Å². The number of nitrogens with zero attached hydrogens (tertiary/aromatic N) is 1. The second kappa shape index (κ2) is 5.70. The summed E-state index contributed by atoms with van der Waals surface area (Å²) in [6.45, 7) is 1.92. The smallest absolute Gasteiger partial charge is 0.253 e. The number of hydrogen-bond donors (Lipinski definition) is 1. The Hall–Kier alpha value is -1.10. The van der Waals surface area contributed by atoms with Gasteiger partial charge in [0.1, 0.15) is 0 Å². The van der Waals surface area contributed by atoms with E-state index in [0.29, 0.717) is 5.56 Å². The van der Waals surface area contributed by atoms with Gasteiger partial charge in [-0.3, -0.25) is 4.79 Å². The first-order valence-corrected chi connectivity index (χ1v) is 5.94. The Morgan fingerprint density at radius 3 is 2.93 bits per heavy atom. The largest absolute Gasteiger partial charge is 0.349 e. The molecule has 3 nitrogen and oxygen atoms in total. The molecule has 1 aromatic rings. The van der Waals surface area contributed by atoms with Gasteiger partial charge in [0.15, 0.2) is 0 Å². The molecular weight excluding hydrogens is 215 g/mol. The Bertz CT molecular complexity index is 329. The molecule has 1 amide bonds. The molecule has 1 unspecified atom stereocenters. The zero-order valence-corrected chi connectivity index (χ0v) is 9.47. The van der Waals surface area contributed by atoms with Crippen LogP contribution in [0.5, 0.6) is 0 Å². The number of carbonyl (C=O) groups excluding carboxylic acids is 1. The monoisotopic (exact) mass is 228 g/mol. The molecule has 0 spiro atoms. The van der Waals surface area contributed by atoms with E-state index in [1.807, 2.05) is 13.2 Å². The normalized spacial score (nSPS) is 12.2. The molecule has 1 atom stereocenters. The lowest BCUT2D eigenvalue weighted by atomic mass is 10.2. The number of thioether (sulfide) groups is 1. The number of hydrogen-bond acceptors (Lipinski definition) is 3. The first-order valence-electron chi connectivity index (χ1n) is 4.55. The minimum atomic E-state index is -0.580. The predicted octanol–water partition coefficient (Wildman–Crippen LogP) is 1.70. The van der Waals surface area contributed by atoms with E-state index in [1.165, 1.54) is 18.3 Å². The van der Waals surface area contributed by atoms with Gasteiger partial charge < -0.3 is 5.32 Å². The molecule has 0 fully saturated rings. The van der Waals surface area contributed by atoms with Crippen molar-refractivity contribution in [1.29, 1.82) is 0 Å². The van der Waals surface area contributed by atoms with Crippen LogP contribution in [0, 0.1) is 5.95 Å². The van der Waals surface area contributed by atoms with Crippen molar-refractivity contribution in [3.05, 3.63) is 29.8 Å². The zero-order valence-electron chi connectivity index (χ0n) is 8.66. The molecule has 0 aliphatic rings. The highest BCUT2D eigenvalue weighted by Crippen LogP contribution is 2.01. The molecule has 0 aliphatic heterocycles. The van der Waals surface area contributed by atoms with Crippen molar-refractivity contribution in [3.8, 4) is 0 Å². The van der Waals surface area contributed by atoms with Crippen molar-refractivity contribution in [2.75, 3.05) is 12.0 Å². The standard InChI is InChI=1S/C10H13FN2OS/c1-7(6-15-2)13-10(14)8-3-4-9(11)12-5-8/h3-5,7H,6H2,1-2H3,(H,13,14). The topological polar surface area (TPSA) is 42.0 Å². The van der Waals surface area contributed by atoms with Gasteiger partial charge in [-0.2, -0.15) is 16.2 Å². The lowest BCUT2D eigenvalue weighted by Crippen LogP contribution is -2.34. The van der Waals surface area contributed by atoms with Crippen molar-refractivity contribution in [1.82, 2.24) is 10.3 Å². The van der Waals surface area contributed by atoms with Gasteiger partial charge in [-0.1, -0.05) is 0 Å². The third kappa shape index (κ3) is 3.87. The van der Waals surface area contributed by atoms with E-state index in [0.717, 1.165) is 5.75 Å². The fourth-order valence-electron chi connectivity index (χ4n) is 1.11. The molecule has 1 rings (SSSR count). The van der Waals surface area contributed by atoms with Crippen LogP contribution in [0.4, 0.5) is 4.39 Å². The molecule has 0 bridgehead atoms. The second-order valence-electron chi connectivity index (χ2n) is 3.20. The average Bonchev–Trinajstić information content (AvgIpc) is 2.18. The van der Waals surface area contributed by atoms with Crippen LogP contribution in [0.2, 0.25) is 0 Å². The van der Waals surface area contributed by atoms with Crippen LogP contribution in [0.15, 0.2) is 18.3 Å². The van der Waals surface area contributed by atoms with Gasteiger partial charge in [0.2, 0.25) is 5.95 Å². The molecule has 1 heterocycles. The van der Waals surface area contributed by atoms with Gasteiger partial charge in [0.25, 0.3) is 5.91 Å². The molecule has 0 saturated heterocycles. The van der Waals surface area contributed by atoms with Crippen molar-refractivity contribution >= 4 is 17.7 Å². The number of carbonyl (C=O) groups is 1. The summed E-state index contributed by atoms with van der Waals surface area (Å²) in [5, 5.41) is 2.79. The Morgan fingerprint density at radius 1 is 1.67 bits per heavy atom. The van der Waals surface area contributed by atoms with E-state index in [2.05, 4.69) is 10.3 Å². The summed E-state index contributed by atoms with van der Waals surface area (Å²) in [6, 6.07) is 2.69. The summed E-state index contributed by atoms with van der Waals surface area (Å²) in [7, 11) is 0. The van der Waals surface area contributed by atoms with Crippen LogP contribution < -0.4 is 5.32 Å². The van der Waals surface area contributed by atoms with Gasteiger partial charge in [-0.05, 0) is 25.3 Å². The van der Waals surface area contributed by atoms with Crippen LogP contribution in [-0.4, -0.2) is 28.9 Å². The number of nitrogens with one attached hydrogen (secondary N) is 1. The molecular formula is C10H13FN2OS. The van der Waals surface area contributed by atoms with Gasteiger partial charge in [0, 0.05) is 18.0 Å². The molecule has 0 saturated carbocycles. The lowest BCUT2D eigenvalue weighted by Gasteiger charge is -2.11. The van der Waals surface area contributed by atoms with Crippen molar-refractivity contribution in [3.63, 3.8) is 0 Å². The summed E-state index contributed by atoms with van der Waals surface area (Å²) in [5.74, 6) is 0.0492. The first-order chi connectivity index (χ1) is 7.13. The third-order valence-electron chi connectivity index (χ3n) is 1.78. The molecule has 1 aromatic heterocycles. The number of aromatic nitrogens is 1. The summed E-state index contributed by atoms with van der Waals surface area (Å²) in [5.41, 5.74) is 0.379. The molecule has 15 heavy (non-hydrogen) atoms. The van der Waals surface area contributed by atoms with E-state index < -0.39 is 5.95 Å². The number of pyridine rings is 1. The maximum absolute atomic E-state index is 12.5.